The Morgan fingerprint density at radius 3 is 2.84 bits per heavy atom. The maximum absolute atomic E-state index is 11.3. The van der Waals surface area contributed by atoms with E-state index in [-0.39, 0.29) is 5.56 Å². The molecule has 0 unspecified atom stereocenters. The molecule has 0 aromatic carbocycles. The van der Waals surface area contributed by atoms with Gasteiger partial charge in [0.05, 0.1) is 12.2 Å². The Kier molecular flexibility index (Phi) is 3.70. The molecule has 2 aromatic heterocycles. The number of aromatic nitrogens is 3. The lowest BCUT2D eigenvalue weighted by atomic mass is 10.1. The lowest BCUT2D eigenvalue weighted by Crippen LogP contribution is -2.11. The van der Waals surface area contributed by atoms with E-state index in [1.165, 1.54) is 6.33 Å². The average molecular weight is 258 g/mol. The molecule has 2 aromatic rings. The number of hydrogen-bond donors (Lipinski definition) is 2. The number of carbonyl (C=O) groups is 1. The first-order valence-corrected chi connectivity index (χ1v) is 5.78. The van der Waals surface area contributed by atoms with Crippen molar-refractivity contribution in [2.24, 2.45) is 0 Å². The number of rotatable bonds is 4. The third kappa shape index (κ3) is 3.04. The van der Waals surface area contributed by atoms with Crippen LogP contribution >= 0.6 is 0 Å². The predicted molar refractivity (Wildman–Crippen MR) is 70.0 cm³/mol. The summed E-state index contributed by atoms with van der Waals surface area (Å²) in [5.41, 5.74) is 2.42. The minimum atomic E-state index is -0.991. The number of anilines is 1. The molecule has 0 atom stereocenters. The van der Waals surface area contributed by atoms with Gasteiger partial charge in [0, 0.05) is 11.9 Å². The number of aromatic carboxylic acids is 1. The van der Waals surface area contributed by atoms with Crippen molar-refractivity contribution >= 4 is 11.8 Å². The van der Waals surface area contributed by atoms with Gasteiger partial charge in [-0.1, -0.05) is 0 Å². The van der Waals surface area contributed by atoms with Crippen LogP contribution in [-0.2, 0) is 6.54 Å². The van der Waals surface area contributed by atoms with E-state index in [9.17, 15) is 9.90 Å². The predicted octanol–water partition coefficient (Wildman–Crippen LogP) is 1.80. The minimum absolute atomic E-state index is 0.194. The molecule has 0 aliphatic rings. The van der Waals surface area contributed by atoms with Crippen molar-refractivity contribution in [2.75, 3.05) is 5.32 Å². The first kappa shape index (κ1) is 12.9. The van der Waals surface area contributed by atoms with E-state index in [0.29, 0.717) is 17.9 Å². The summed E-state index contributed by atoms with van der Waals surface area (Å²) in [6.07, 6.45) is 3.08. The van der Waals surface area contributed by atoms with Crippen LogP contribution in [-0.4, -0.2) is 26.0 Å². The fourth-order valence-corrected chi connectivity index (χ4v) is 1.83. The molecule has 2 heterocycles. The van der Waals surface area contributed by atoms with Crippen LogP contribution in [0.25, 0.3) is 0 Å². The summed E-state index contributed by atoms with van der Waals surface area (Å²) in [4.78, 5) is 23.4. The molecule has 0 saturated carbocycles. The number of aryl methyl sites for hydroxylation is 2. The van der Waals surface area contributed by atoms with Crippen molar-refractivity contribution in [3.05, 3.63) is 47.2 Å². The smallest absolute Gasteiger partial charge is 0.339 e. The quantitative estimate of drug-likeness (QED) is 0.869. The zero-order chi connectivity index (χ0) is 13.8. The summed E-state index contributed by atoms with van der Waals surface area (Å²) < 4.78 is 0. The molecule has 0 spiro atoms. The van der Waals surface area contributed by atoms with Crippen LogP contribution in [0, 0.1) is 13.8 Å². The Bertz CT molecular complexity index is 599. The van der Waals surface area contributed by atoms with Crippen molar-refractivity contribution in [1.29, 1.82) is 0 Å². The normalized spacial score (nSPS) is 10.2. The molecule has 0 saturated heterocycles. The highest BCUT2D eigenvalue weighted by Crippen LogP contribution is 2.19. The number of nitrogens with one attached hydrogen (secondary N) is 1. The molecule has 0 radical (unpaired) electrons. The second-order valence-electron chi connectivity index (χ2n) is 4.16. The van der Waals surface area contributed by atoms with Gasteiger partial charge < -0.3 is 10.4 Å². The molecular weight excluding hydrogens is 244 g/mol. The Labute approximate surface area is 110 Å². The molecule has 0 aliphatic heterocycles. The average Bonchev–Trinajstić information content (AvgIpc) is 2.36. The van der Waals surface area contributed by atoms with Crippen molar-refractivity contribution in [3.8, 4) is 0 Å². The maximum atomic E-state index is 11.3. The van der Waals surface area contributed by atoms with E-state index in [0.717, 1.165) is 11.4 Å². The van der Waals surface area contributed by atoms with Gasteiger partial charge in [-0.2, -0.15) is 0 Å². The third-order valence-corrected chi connectivity index (χ3v) is 2.64. The highest BCUT2D eigenvalue weighted by Gasteiger charge is 2.15. The Balaban J connectivity index is 2.27. The van der Waals surface area contributed by atoms with Gasteiger partial charge in [0.25, 0.3) is 0 Å². The Morgan fingerprint density at radius 1 is 1.42 bits per heavy atom. The summed E-state index contributed by atoms with van der Waals surface area (Å²) in [6, 6.07) is 3.51. The maximum Gasteiger partial charge on any atom is 0.339 e. The summed E-state index contributed by atoms with van der Waals surface area (Å²) in [5, 5.41) is 12.2. The van der Waals surface area contributed by atoms with Gasteiger partial charge in [-0.15, -0.1) is 0 Å². The molecule has 19 heavy (non-hydrogen) atoms. The monoisotopic (exact) mass is 258 g/mol. The summed E-state index contributed by atoms with van der Waals surface area (Å²) >= 11 is 0. The molecular formula is C13H14N4O2. The third-order valence-electron chi connectivity index (χ3n) is 2.64. The topological polar surface area (TPSA) is 88.0 Å². The Morgan fingerprint density at radius 2 is 2.21 bits per heavy atom. The van der Waals surface area contributed by atoms with Gasteiger partial charge >= 0.3 is 5.97 Å². The fraction of sp³-hybridized carbons (Fsp3) is 0.231. The number of hydrogen-bond acceptors (Lipinski definition) is 5. The lowest BCUT2D eigenvalue weighted by molar-refractivity contribution is 0.0697. The second-order valence-corrected chi connectivity index (χ2v) is 4.16. The largest absolute Gasteiger partial charge is 0.478 e. The molecule has 2 rings (SSSR count). The van der Waals surface area contributed by atoms with E-state index >= 15 is 0 Å². The molecule has 2 N–H and O–H groups in total. The summed E-state index contributed by atoms with van der Waals surface area (Å²) in [5.74, 6) is -0.626. The number of carboxylic acid groups (broad SMARTS) is 1. The van der Waals surface area contributed by atoms with E-state index < -0.39 is 5.97 Å². The highest BCUT2D eigenvalue weighted by atomic mass is 16.4. The molecule has 0 aliphatic carbocycles. The van der Waals surface area contributed by atoms with Crippen molar-refractivity contribution in [1.82, 2.24) is 15.0 Å². The summed E-state index contributed by atoms with van der Waals surface area (Å²) in [6.45, 7) is 3.99. The molecule has 0 fully saturated rings. The van der Waals surface area contributed by atoms with E-state index in [1.807, 2.05) is 6.92 Å². The molecule has 98 valence electrons. The van der Waals surface area contributed by atoms with E-state index in [1.54, 1.807) is 25.3 Å². The number of carboxylic acids is 1. The van der Waals surface area contributed by atoms with Gasteiger partial charge in [0.1, 0.15) is 17.7 Å². The van der Waals surface area contributed by atoms with E-state index in [2.05, 4.69) is 20.3 Å². The van der Waals surface area contributed by atoms with Gasteiger partial charge in [-0.3, -0.25) is 0 Å². The van der Waals surface area contributed by atoms with Crippen molar-refractivity contribution < 1.29 is 9.90 Å². The highest BCUT2D eigenvalue weighted by molar-refractivity contribution is 5.94. The second kappa shape index (κ2) is 5.43. The molecule has 0 bridgehead atoms. The van der Waals surface area contributed by atoms with Gasteiger partial charge in [0.15, 0.2) is 0 Å². The van der Waals surface area contributed by atoms with Gasteiger partial charge in [-0.05, 0) is 31.5 Å². The van der Waals surface area contributed by atoms with Crippen LogP contribution in [0.3, 0.4) is 0 Å². The van der Waals surface area contributed by atoms with Crippen LogP contribution in [0.4, 0.5) is 5.82 Å². The fourth-order valence-electron chi connectivity index (χ4n) is 1.83. The van der Waals surface area contributed by atoms with Crippen molar-refractivity contribution in [3.63, 3.8) is 0 Å². The van der Waals surface area contributed by atoms with Crippen LogP contribution in [0.2, 0.25) is 0 Å². The zero-order valence-electron chi connectivity index (χ0n) is 10.7. The van der Waals surface area contributed by atoms with Crippen LogP contribution in [0.1, 0.15) is 27.3 Å². The standard InChI is InChI=1S/C13H14N4O2/c1-8-5-9(2)17-12(11(8)13(18)19)15-6-10-3-4-14-7-16-10/h3-5,7H,6H2,1-2H3,(H,15,17)(H,18,19). The Hall–Kier alpha value is -2.50. The van der Waals surface area contributed by atoms with E-state index in [4.69, 9.17) is 0 Å². The van der Waals surface area contributed by atoms with Gasteiger partial charge in [0.2, 0.25) is 0 Å². The van der Waals surface area contributed by atoms with Crippen LogP contribution in [0.5, 0.6) is 0 Å². The number of pyridine rings is 1. The summed E-state index contributed by atoms with van der Waals surface area (Å²) in [7, 11) is 0. The molecule has 6 heteroatoms. The number of nitrogens with zero attached hydrogens (tertiary/aromatic N) is 3. The minimum Gasteiger partial charge on any atom is -0.478 e. The van der Waals surface area contributed by atoms with Crippen LogP contribution in [0.15, 0.2) is 24.7 Å². The van der Waals surface area contributed by atoms with Crippen molar-refractivity contribution in [2.45, 2.75) is 20.4 Å². The zero-order valence-corrected chi connectivity index (χ0v) is 10.7. The molecule has 0 amide bonds. The van der Waals surface area contributed by atoms with Crippen LogP contribution < -0.4 is 5.32 Å². The first-order chi connectivity index (χ1) is 9.08. The SMILES string of the molecule is Cc1cc(C)c(C(=O)O)c(NCc2ccncn2)n1. The first-order valence-electron chi connectivity index (χ1n) is 5.78. The lowest BCUT2D eigenvalue weighted by Gasteiger charge is -2.11. The van der Waals surface area contributed by atoms with Gasteiger partial charge in [-0.25, -0.2) is 19.7 Å². The molecule has 6 nitrogen and oxygen atoms in total.